The molecule has 0 spiro atoms. The Labute approximate surface area is 208 Å². The molecule has 2 amide bonds. The molecule has 1 aliphatic heterocycles. The van der Waals surface area contributed by atoms with Crippen LogP contribution < -0.4 is 5.32 Å². The lowest BCUT2D eigenvalue weighted by Crippen LogP contribution is -2.76. The molecule has 0 aromatic heterocycles. The largest absolute Gasteiger partial charge is 0.459 e. The fraction of sp³-hybridized carbons (Fsp3) is 0.261. The molecule has 1 aromatic carbocycles. The van der Waals surface area contributed by atoms with Crippen molar-refractivity contribution in [3.05, 3.63) is 76.4 Å². The molecule has 1 saturated heterocycles. The van der Waals surface area contributed by atoms with E-state index < -0.39 is 43.8 Å². The number of esters is 1. The van der Waals surface area contributed by atoms with Crippen molar-refractivity contribution in [3.8, 4) is 11.1 Å². The summed E-state index contributed by atoms with van der Waals surface area (Å²) in [6, 6.07) is 12.5. The second kappa shape index (κ2) is 10.4. The highest BCUT2D eigenvalue weighted by molar-refractivity contribution is 8.09. The first-order chi connectivity index (χ1) is 16.5. The van der Waals surface area contributed by atoms with E-state index in [2.05, 4.69) is 36.2 Å². The summed E-state index contributed by atoms with van der Waals surface area (Å²) in [6.07, 6.45) is -0.345. The molecule has 0 bridgehead atoms. The summed E-state index contributed by atoms with van der Waals surface area (Å²) in [5.41, 5.74) is 3.43. The molecule has 2 aliphatic carbocycles. The maximum atomic E-state index is 12.7. The van der Waals surface area contributed by atoms with Gasteiger partial charge in [-0.05, 0) is 58.1 Å². The Morgan fingerprint density at radius 1 is 1.26 bits per heavy atom. The second-order valence-electron chi connectivity index (χ2n) is 7.99. The highest BCUT2D eigenvalue weighted by atomic mass is 35.7. The fourth-order valence-corrected chi connectivity index (χ4v) is 4.87. The highest BCUT2D eigenvalue weighted by Crippen LogP contribution is 2.38. The SMILES string of the molecule is C=C(C)C(C(=O)OCc1ccc([N+](=O)[O-])cc1)N1C(=O)CC1(NC(C)=O)S(=O)Cl.c1cc2cc-2c1. The molecule has 4 rings (SSSR count). The summed E-state index contributed by atoms with van der Waals surface area (Å²) >= 11 is 0. The van der Waals surface area contributed by atoms with Crippen LogP contribution >= 0.6 is 10.7 Å². The molecule has 1 N–H and O–H groups in total. The van der Waals surface area contributed by atoms with Crippen molar-refractivity contribution >= 4 is 44.2 Å². The predicted octanol–water partition coefficient (Wildman–Crippen LogP) is 3.17. The zero-order chi connectivity index (χ0) is 25.9. The van der Waals surface area contributed by atoms with Gasteiger partial charge in [0.15, 0.2) is 16.1 Å². The summed E-state index contributed by atoms with van der Waals surface area (Å²) in [4.78, 5) is 45.7. The van der Waals surface area contributed by atoms with E-state index in [-0.39, 0.29) is 24.3 Å². The molecule has 184 valence electrons. The van der Waals surface area contributed by atoms with Crippen LogP contribution in [0.3, 0.4) is 0 Å². The Kier molecular flexibility index (Phi) is 7.71. The van der Waals surface area contributed by atoms with Crippen molar-refractivity contribution in [2.45, 2.75) is 37.9 Å². The van der Waals surface area contributed by atoms with Crippen LogP contribution in [0.2, 0.25) is 0 Å². The molecule has 1 aromatic rings. The molecular weight excluding hydrogens is 498 g/mol. The monoisotopic (exact) mass is 519 g/mol. The molecule has 3 aliphatic rings. The maximum Gasteiger partial charge on any atom is 0.333 e. The number of rotatable bonds is 8. The van der Waals surface area contributed by atoms with Gasteiger partial charge in [0.2, 0.25) is 16.8 Å². The van der Waals surface area contributed by atoms with E-state index in [0.717, 1.165) is 11.8 Å². The van der Waals surface area contributed by atoms with Gasteiger partial charge in [-0.1, -0.05) is 24.8 Å². The minimum atomic E-state index is -2.22. The average Bonchev–Trinajstić information content (AvgIpc) is 3.39. The number of nitrogens with zero attached hydrogens (tertiary/aromatic N) is 2. The van der Waals surface area contributed by atoms with E-state index in [1.807, 2.05) is 0 Å². The molecule has 1 fully saturated rings. The quantitative estimate of drug-likeness (QED) is 0.120. The van der Waals surface area contributed by atoms with Crippen molar-refractivity contribution in [2.75, 3.05) is 0 Å². The van der Waals surface area contributed by atoms with E-state index in [9.17, 15) is 28.7 Å². The number of carbonyl (C=O) groups excluding carboxylic acids is 3. The van der Waals surface area contributed by atoms with Crippen molar-refractivity contribution in [2.24, 2.45) is 0 Å². The number of ether oxygens (including phenoxy) is 1. The predicted molar refractivity (Wildman–Crippen MR) is 129 cm³/mol. The Hall–Kier alpha value is -3.57. The molecule has 35 heavy (non-hydrogen) atoms. The van der Waals surface area contributed by atoms with Crippen LogP contribution in [0, 0.1) is 10.1 Å². The lowest BCUT2D eigenvalue weighted by Gasteiger charge is -2.51. The number of nitro benzene ring substituents is 1. The lowest BCUT2D eigenvalue weighted by molar-refractivity contribution is -0.384. The second-order valence-corrected chi connectivity index (χ2v) is 9.95. The summed E-state index contributed by atoms with van der Waals surface area (Å²) in [5, 5.41) is 13.1. The molecule has 12 heteroatoms. The van der Waals surface area contributed by atoms with E-state index in [4.69, 9.17) is 15.4 Å². The summed E-state index contributed by atoms with van der Waals surface area (Å²) < 4.78 is 17.3. The van der Waals surface area contributed by atoms with Gasteiger partial charge in [0.25, 0.3) is 5.69 Å². The third kappa shape index (κ3) is 5.75. The van der Waals surface area contributed by atoms with Crippen LogP contribution in [0.5, 0.6) is 0 Å². The standard InChI is InChI=1S/C17H18ClN3O7S.C6H4/c1-10(2)15(20-14(23)8-17(20,29(18)27)19-11(3)22)16(24)28-9-12-4-6-13(7-5-12)21(25)26;1-2-5-4-6(5)3-1/h4-7,15H,1,8-9H2,2-3H3,(H,19,22);1-4H. The minimum Gasteiger partial charge on any atom is -0.459 e. The lowest BCUT2D eigenvalue weighted by atomic mass is 9.99. The van der Waals surface area contributed by atoms with E-state index in [0.29, 0.717) is 5.56 Å². The summed E-state index contributed by atoms with van der Waals surface area (Å²) in [6.45, 7) is 6.09. The summed E-state index contributed by atoms with van der Waals surface area (Å²) in [5.74, 6) is -2.02. The number of halogens is 1. The third-order valence-corrected chi connectivity index (χ3v) is 7.01. The first-order valence-corrected chi connectivity index (χ1v) is 12.3. The van der Waals surface area contributed by atoms with Crippen LogP contribution in [0.25, 0.3) is 11.1 Å². The number of carbonyl (C=O) groups is 3. The van der Waals surface area contributed by atoms with Crippen LogP contribution in [-0.4, -0.2) is 42.9 Å². The van der Waals surface area contributed by atoms with E-state index >= 15 is 0 Å². The number of amides is 2. The van der Waals surface area contributed by atoms with Gasteiger partial charge in [0.1, 0.15) is 6.61 Å². The van der Waals surface area contributed by atoms with Crippen molar-refractivity contribution in [3.63, 3.8) is 0 Å². The van der Waals surface area contributed by atoms with Gasteiger partial charge in [-0.15, -0.1) is 0 Å². The summed E-state index contributed by atoms with van der Waals surface area (Å²) in [7, 11) is 3.51. The first-order valence-electron chi connectivity index (χ1n) is 10.3. The zero-order valence-corrected chi connectivity index (χ0v) is 20.4. The van der Waals surface area contributed by atoms with Crippen LogP contribution in [0.1, 0.15) is 25.8 Å². The topological polar surface area (TPSA) is 136 Å². The molecule has 3 atom stereocenters. The van der Waals surface area contributed by atoms with Gasteiger partial charge < -0.3 is 10.1 Å². The Morgan fingerprint density at radius 2 is 1.86 bits per heavy atom. The number of non-ortho nitro benzene ring substituents is 1. The number of β-lactam (4-membered cyclic amide) rings is 1. The number of benzene rings is 2. The van der Waals surface area contributed by atoms with Crippen LogP contribution in [0.4, 0.5) is 5.69 Å². The molecule has 0 radical (unpaired) electrons. The van der Waals surface area contributed by atoms with Gasteiger partial charge in [0.05, 0.1) is 11.3 Å². The maximum absolute atomic E-state index is 12.7. The smallest absolute Gasteiger partial charge is 0.333 e. The van der Waals surface area contributed by atoms with Gasteiger partial charge >= 0.3 is 5.97 Å². The number of nitrogens with one attached hydrogen (secondary N) is 1. The number of hydrogen-bond acceptors (Lipinski definition) is 7. The van der Waals surface area contributed by atoms with Gasteiger partial charge in [-0.2, -0.15) is 0 Å². The average molecular weight is 520 g/mol. The molecule has 3 unspecified atom stereocenters. The molecule has 1 heterocycles. The normalized spacial score (nSPS) is 18.7. The number of likely N-dealkylation sites (tertiary alicyclic amines) is 1. The van der Waals surface area contributed by atoms with Crippen molar-refractivity contribution in [1.29, 1.82) is 0 Å². The van der Waals surface area contributed by atoms with Gasteiger partial charge in [-0.25, -0.2) is 9.00 Å². The zero-order valence-electron chi connectivity index (χ0n) is 18.9. The third-order valence-electron chi connectivity index (χ3n) is 5.27. The molecule has 10 nitrogen and oxygen atoms in total. The number of hydrogen-bond donors (Lipinski definition) is 1. The Bertz CT molecular complexity index is 1220. The number of nitro groups is 1. The Morgan fingerprint density at radius 3 is 2.23 bits per heavy atom. The molecule has 0 saturated carbocycles. The fourth-order valence-electron chi connectivity index (χ4n) is 3.54. The first kappa shape index (κ1) is 26.0. The Balaban J connectivity index is 0.000000485. The van der Waals surface area contributed by atoms with Crippen LogP contribution in [-0.2, 0) is 35.7 Å². The highest BCUT2D eigenvalue weighted by Gasteiger charge is 2.60. The minimum absolute atomic E-state index is 0.115. The van der Waals surface area contributed by atoms with Crippen molar-refractivity contribution < 1.29 is 28.3 Å². The van der Waals surface area contributed by atoms with Crippen LogP contribution in [0.15, 0.2) is 60.7 Å². The van der Waals surface area contributed by atoms with E-state index in [1.54, 1.807) is 0 Å². The van der Waals surface area contributed by atoms with Gasteiger partial charge in [0, 0.05) is 19.1 Å². The number of fused-ring (bicyclic) bond motifs is 1. The van der Waals surface area contributed by atoms with Gasteiger partial charge in [-0.3, -0.25) is 24.6 Å². The van der Waals surface area contributed by atoms with E-state index in [1.165, 1.54) is 42.3 Å². The van der Waals surface area contributed by atoms with Crippen molar-refractivity contribution in [1.82, 2.24) is 10.2 Å². The molecular formula is C23H22ClN3O7S.